The average molecular weight is 313 g/mol. The molecule has 1 fully saturated rings. The van der Waals surface area contributed by atoms with Crippen molar-refractivity contribution in [3.63, 3.8) is 0 Å². The SMILES string of the molecule is COc1ccc(Br)c2c(Cl)cc(C3CC3)nc12. The predicted molar refractivity (Wildman–Crippen MR) is 73.0 cm³/mol. The number of benzene rings is 1. The number of aromatic nitrogens is 1. The summed E-state index contributed by atoms with van der Waals surface area (Å²) in [5.41, 5.74) is 1.93. The van der Waals surface area contributed by atoms with E-state index in [4.69, 9.17) is 21.3 Å². The summed E-state index contributed by atoms with van der Waals surface area (Å²) in [4.78, 5) is 4.69. The Kier molecular flexibility index (Phi) is 2.75. The fourth-order valence-corrected chi connectivity index (χ4v) is 2.95. The van der Waals surface area contributed by atoms with Gasteiger partial charge in [-0.15, -0.1) is 0 Å². The summed E-state index contributed by atoms with van der Waals surface area (Å²) in [5.74, 6) is 1.35. The third-order valence-electron chi connectivity index (χ3n) is 3.06. The summed E-state index contributed by atoms with van der Waals surface area (Å²) in [6, 6.07) is 5.82. The van der Waals surface area contributed by atoms with Crippen molar-refractivity contribution < 1.29 is 4.74 Å². The van der Waals surface area contributed by atoms with Gasteiger partial charge in [-0.3, -0.25) is 0 Å². The Morgan fingerprint density at radius 2 is 2.18 bits per heavy atom. The molecule has 0 saturated heterocycles. The van der Waals surface area contributed by atoms with Crippen molar-refractivity contribution in [3.8, 4) is 5.75 Å². The van der Waals surface area contributed by atoms with Crippen LogP contribution in [0.15, 0.2) is 22.7 Å². The zero-order chi connectivity index (χ0) is 12.0. The molecule has 3 rings (SSSR count). The van der Waals surface area contributed by atoms with Gasteiger partial charge in [-0.05, 0) is 31.0 Å². The maximum Gasteiger partial charge on any atom is 0.145 e. The van der Waals surface area contributed by atoms with Gasteiger partial charge in [-0.1, -0.05) is 27.5 Å². The van der Waals surface area contributed by atoms with Gasteiger partial charge in [0.25, 0.3) is 0 Å². The van der Waals surface area contributed by atoms with Crippen LogP contribution in [0.3, 0.4) is 0 Å². The van der Waals surface area contributed by atoms with Crippen molar-refractivity contribution in [3.05, 3.63) is 33.4 Å². The lowest BCUT2D eigenvalue weighted by atomic mass is 10.1. The van der Waals surface area contributed by atoms with E-state index >= 15 is 0 Å². The smallest absolute Gasteiger partial charge is 0.145 e. The number of hydrogen-bond donors (Lipinski definition) is 0. The number of ether oxygens (including phenoxy) is 1. The number of hydrogen-bond acceptors (Lipinski definition) is 2. The van der Waals surface area contributed by atoms with Crippen molar-refractivity contribution in [1.82, 2.24) is 4.98 Å². The summed E-state index contributed by atoms with van der Waals surface area (Å²) < 4.78 is 6.30. The molecule has 0 aliphatic heterocycles. The largest absolute Gasteiger partial charge is 0.494 e. The fraction of sp³-hybridized carbons (Fsp3) is 0.308. The number of fused-ring (bicyclic) bond motifs is 1. The third kappa shape index (κ3) is 1.91. The van der Waals surface area contributed by atoms with Gasteiger partial charge in [0.1, 0.15) is 11.3 Å². The van der Waals surface area contributed by atoms with Gasteiger partial charge in [0.2, 0.25) is 0 Å². The molecule has 0 spiro atoms. The molecular weight excluding hydrogens is 302 g/mol. The highest BCUT2D eigenvalue weighted by atomic mass is 79.9. The fourth-order valence-electron chi connectivity index (χ4n) is 2.00. The lowest BCUT2D eigenvalue weighted by Crippen LogP contribution is -1.93. The molecule has 1 saturated carbocycles. The van der Waals surface area contributed by atoms with Gasteiger partial charge >= 0.3 is 0 Å². The molecule has 0 unspecified atom stereocenters. The first-order chi connectivity index (χ1) is 8.20. The maximum absolute atomic E-state index is 6.34. The van der Waals surface area contributed by atoms with E-state index in [9.17, 15) is 0 Å². The molecule has 1 aliphatic carbocycles. The first-order valence-electron chi connectivity index (χ1n) is 5.53. The topological polar surface area (TPSA) is 22.1 Å². The third-order valence-corrected chi connectivity index (χ3v) is 4.02. The van der Waals surface area contributed by atoms with Crippen molar-refractivity contribution in [2.24, 2.45) is 0 Å². The van der Waals surface area contributed by atoms with Crippen LogP contribution in [0.4, 0.5) is 0 Å². The summed E-state index contributed by atoms with van der Waals surface area (Å²) in [6.45, 7) is 0. The molecule has 0 N–H and O–H groups in total. The van der Waals surface area contributed by atoms with Crippen LogP contribution in [0.25, 0.3) is 10.9 Å². The van der Waals surface area contributed by atoms with Gasteiger partial charge in [0, 0.05) is 21.5 Å². The lowest BCUT2D eigenvalue weighted by molar-refractivity contribution is 0.418. The minimum atomic E-state index is 0.584. The van der Waals surface area contributed by atoms with E-state index in [-0.39, 0.29) is 0 Å². The number of rotatable bonds is 2. The number of methoxy groups -OCH3 is 1. The second-order valence-corrected chi connectivity index (χ2v) is 5.54. The quantitative estimate of drug-likeness (QED) is 0.812. The minimum Gasteiger partial charge on any atom is -0.494 e. The van der Waals surface area contributed by atoms with E-state index in [2.05, 4.69) is 15.9 Å². The Hall–Kier alpha value is -0.800. The van der Waals surface area contributed by atoms with E-state index in [1.807, 2.05) is 18.2 Å². The van der Waals surface area contributed by atoms with Crippen molar-refractivity contribution in [2.45, 2.75) is 18.8 Å². The molecule has 2 aromatic rings. The Morgan fingerprint density at radius 1 is 1.41 bits per heavy atom. The first kappa shape index (κ1) is 11.3. The molecule has 1 aromatic carbocycles. The van der Waals surface area contributed by atoms with Gasteiger partial charge < -0.3 is 4.74 Å². The van der Waals surface area contributed by atoms with E-state index in [0.29, 0.717) is 5.92 Å². The lowest BCUT2D eigenvalue weighted by Gasteiger charge is -2.09. The summed E-state index contributed by atoms with van der Waals surface area (Å²) >= 11 is 9.85. The molecule has 17 heavy (non-hydrogen) atoms. The molecule has 1 aliphatic rings. The molecular formula is C13H11BrClNO. The number of halogens is 2. The molecule has 2 nitrogen and oxygen atoms in total. The summed E-state index contributed by atoms with van der Waals surface area (Å²) in [6.07, 6.45) is 2.43. The van der Waals surface area contributed by atoms with Crippen LogP contribution in [0.5, 0.6) is 5.75 Å². The highest BCUT2D eigenvalue weighted by molar-refractivity contribution is 9.10. The Balaban J connectivity index is 2.33. The summed E-state index contributed by atoms with van der Waals surface area (Å²) in [7, 11) is 1.65. The van der Waals surface area contributed by atoms with E-state index in [1.165, 1.54) is 12.8 Å². The second kappa shape index (κ2) is 4.14. The first-order valence-corrected chi connectivity index (χ1v) is 6.70. The van der Waals surface area contributed by atoms with E-state index < -0.39 is 0 Å². The zero-order valence-electron chi connectivity index (χ0n) is 9.34. The molecule has 4 heteroatoms. The Labute approximate surface area is 113 Å². The van der Waals surface area contributed by atoms with Gasteiger partial charge in [0.05, 0.1) is 12.1 Å². The van der Waals surface area contributed by atoms with E-state index in [0.717, 1.165) is 31.8 Å². The molecule has 0 atom stereocenters. The molecule has 1 aromatic heterocycles. The van der Waals surface area contributed by atoms with Gasteiger partial charge in [-0.25, -0.2) is 4.98 Å². The molecule has 88 valence electrons. The Morgan fingerprint density at radius 3 is 2.82 bits per heavy atom. The average Bonchev–Trinajstić information content (AvgIpc) is 3.12. The van der Waals surface area contributed by atoms with Crippen LogP contribution in [-0.4, -0.2) is 12.1 Å². The molecule has 0 bridgehead atoms. The molecule has 0 amide bonds. The highest BCUT2D eigenvalue weighted by Crippen LogP contribution is 2.43. The normalized spacial score (nSPS) is 15.2. The molecule has 1 heterocycles. The van der Waals surface area contributed by atoms with Gasteiger partial charge in [-0.2, -0.15) is 0 Å². The predicted octanol–water partition coefficient (Wildman–Crippen LogP) is 4.54. The minimum absolute atomic E-state index is 0.584. The van der Waals surface area contributed by atoms with Gasteiger partial charge in [0.15, 0.2) is 0 Å². The Bertz CT molecular complexity index is 595. The standard InChI is InChI=1S/C13H11BrClNO/c1-17-11-5-4-8(14)12-9(15)6-10(7-2-3-7)16-13(11)12/h4-7H,2-3H2,1H3. The van der Waals surface area contributed by atoms with Crippen LogP contribution in [0, 0.1) is 0 Å². The molecule has 0 radical (unpaired) electrons. The maximum atomic E-state index is 6.34. The second-order valence-electron chi connectivity index (χ2n) is 4.28. The number of pyridine rings is 1. The van der Waals surface area contributed by atoms with Crippen LogP contribution in [-0.2, 0) is 0 Å². The zero-order valence-corrected chi connectivity index (χ0v) is 11.7. The van der Waals surface area contributed by atoms with Crippen molar-refractivity contribution in [1.29, 1.82) is 0 Å². The van der Waals surface area contributed by atoms with Crippen LogP contribution < -0.4 is 4.74 Å². The van der Waals surface area contributed by atoms with Crippen LogP contribution in [0.1, 0.15) is 24.5 Å². The van der Waals surface area contributed by atoms with E-state index in [1.54, 1.807) is 7.11 Å². The van der Waals surface area contributed by atoms with Crippen LogP contribution in [0.2, 0.25) is 5.02 Å². The van der Waals surface area contributed by atoms with Crippen LogP contribution >= 0.6 is 27.5 Å². The summed E-state index contributed by atoms with van der Waals surface area (Å²) in [5, 5.41) is 1.66. The number of nitrogens with zero attached hydrogens (tertiary/aromatic N) is 1. The monoisotopic (exact) mass is 311 g/mol. The highest BCUT2D eigenvalue weighted by Gasteiger charge is 2.26. The van der Waals surface area contributed by atoms with Crippen molar-refractivity contribution in [2.75, 3.05) is 7.11 Å². The van der Waals surface area contributed by atoms with Crippen molar-refractivity contribution >= 4 is 38.4 Å².